The Kier molecular flexibility index (Phi) is 1.95. The van der Waals surface area contributed by atoms with Gasteiger partial charge in [0.1, 0.15) is 6.33 Å². The lowest BCUT2D eigenvalue weighted by atomic mass is 10.2. The van der Waals surface area contributed by atoms with Crippen molar-refractivity contribution in [1.29, 1.82) is 0 Å². The molecule has 1 atom stereocenters. The molecule has 1 aliphatic carbocycles. The molecule has 0 bridgehead atoms. The van der Waals surface area contributed by atoms with Crippen molar-refractivity contribution < 1.29 is 4.79 Å². The summed E-state index contributed by atoms with van der Waals surface area (Å²) in [6.07, 6.45) is 4.21. The van der Waals surface area contributed by atoms with Crippen molar-refractivity contribution in [3.8, 4) is 0 Å². The van der Waals surface area contributed by atoms with Crippen LogP contribution >= 0.6 is 0 Å². The van der Waals surface area contributed by atoms with E-state index in [0.29, 0.717) is 19.1 Å². The molecule has 1 saturated carbocycles. The maximum atomic E-state index is 11.0. The summed E-state index contributed by atoms with van der Waals surface area (Å²) < 4.78 is 2.12. The Morgan fingerprint density at radius 2 is 2.33 bits per heavy atom. The molecule has 0 aromatic carbocycles. The topological polar surface area (TPSA) is 71.8 Å². The van der Waals surface area contributed by atoms with Crippen molar-refractivity contribution in [2.24, 2.45) is 0 Å². The maximum Gasteiger partial charge on any atom is 0.234 e. The number of piperazine rings is 1. The summed E-state index contributed by atoms with van der Waals surface area (Å²) in [4.78, 5) is 11.0. The number of nitrogens with zero attached hydrogens (tertiary/aromatic N) is 3. The third kappa shape index (κ3) is 1.61. The Morgan fingerprint density at radius 1 is 1.47 bits per heavy atom. The lowest BCUT2D eigenvalue weighted by molar-refractivity contribution is -0.121. The highest BCUT2D eigenvalue weighted by Crippen LogP contribution is 2.36. The predicted molar refractivity (Wildman–Crippen MR) is 52.0 cm³/mol. The molecule has 1 aliphatic heterocycles. The Labute approximate surface area is 87.1 Å². The third-order valence-electron chi connectivity index (χ3n) is 2.87. The van der Waals surface area contributed by atoms with Crippen LogP contribution in [-0.4, -0.2) is 33.8 Å². The molecule has 1 unspecified atom stereocenters. The molecule has 6 nitrogen and oxygen atoms in total. The van der Waals surface area contributed by atoms with Crippen LogP contribution in [0.1, 0.15) is 30.7 Å². The van der Waals surface area contributed by atoms with Gasteiger partial charge in [0.25, 0.3) is 0 Å². The molecule has 1 amide bonds. The first-order chi connectivity index (χ1) is 7.34. The minimum absolute atomic E-state index is 0.0451. The summed E-state index contributed by atoms with van der Waals surface area (Å²) in [5.41, 5.74) is 0. The van der Waals surface area contributed by atoms with Crippen molar-refractivity contribution in [1.82, 2.24) is 25.4 Å². The first-order valence-corrected chi connectivity index (χ1v) is 5.24. The van der Waals surface area contributed by atoms with Gasteiger partial charge in [-0.15, -0.1) is 10.2 Å². The van der Waals surface area contributed by atoms with Crippen molar-refractivity contribution in [3.05, 3.63) is 12.2 Å². The van der Waals surface area contributed by atoms with Gasteiger partial charge in [-0.2, -0.15) is 0 Å². The third-order valence-corrected chi connectivity index (χ3v) is 2.87. The molecule has 0 radical (unpaired) electrons. The molecular formula is C9H13N5O. The quantitative estimate of drug-likeness (QED) is 0.677. The highest BCUT2D eigenvalue weighted by molar-refractivity contribution is 5.78. The van der Waals surface area contributed by atoms with E-state index in [2.05, 4.69) is 25.4 Å². The largest absolute Gasteiger partial charge is 0.353 e. The van der Waals surface area contributed by atoms with Crippen LogP contribution in [0.5, 0.6) is 0 Å². The number of carbonyl (C=O) groups is 1. The van der Waals surface area contributed by atoms with E-state index in [0.717, 1.165) is 5.82 Å². The van der Waals surface area contributed by atoms with E-state index in [1.165, 1.54) is 12.8 Å². The van der Waals surface area contributed by atoms with Crippen LogP contribution in [0.3, 0.4) is 0 Å². The Balaban J connectivity index is 1.79. The smallest absolute Gasteiger partial charge is 0.234 e. The SMILES string of the molecule is O=C1CNC(c2nncn2C2CC2)CN1. The molecule has 3 rings (SSSR count). The predicted octanol–water partition coefficient (Wildman–Crippen LogP) is -0.627. The minimum atomic E-state index is 0.0451. The summed E-state index contributed by atoms with van der Waals surface area (Å²) in [5, 5.41) is 14.0. The number of hydrogen-bond acceptors (Lipinski definition) is 4. The van der Waals surface area contributed by atoms with E-state index in [1.54, 1.807) is 6.33 Å². The lowest BCUT2D eigenvalue weighted by Crippen LogP contribution is -2.47. The fourth-order valence-corrected chi connectivity index (χ4v) is 1.88. The van der Waals surface area contributed by atoms with Gasteiger partial charge in [0, 0.05) is 12.6 Å². The molecule has 2 N–H and O–H groups in total. The fourth-order valence-electron chi connectivity index (χ4n) is 1.88. The van der Waals surface area contributed by atoms with Crippen LogP contribution in [0.25, 0.3) is 0 Å². The molecule has 15 heavy (non-hydrogen) atoms. The van der Waals surface area contributed by atoms with Gasteiger partial charge in [-0.1, -0.05) is 0 Å². The van der Waals surface area contributed by atoms with E-state index in [9.17, 15) is 4.79 Å². The molecule has 80 valence electrons. The second-order valence-corrected chi connectivity index (χ2v) is 4.07. The molecule has 2 aliphatic rings. The van der Waals surface area contributed by atoms with Crippen LogP contribution in [-0.2, 0) is 4.79 Å². The van der Waals surface area contributed by atoms with Gasteiger partial charge in [0.05, 0.1) is 12.6 Å². The minimum Gasteiger partial charge on any atom is -0.353 e. The zero-order valence-corrected chi connectivity index (χ0v) is 8.31. The van der Waals surface area contributed by atoms with Crippen LogP contribution in [0.2, 0.25) is 0 Å². The Morgan fingerprint density at radius 3 is 3.00 bits per heavy atom. The Bertz CT molecular complexity index is 374. The highest BCUT2D eigenvalue weighted by Gasteiger charge is 2.30. The average molecular weight is 207 g/mol. The summed E-state index contributed by atoms with van der Waals surface area (Å²) in [5.74, 6) is 0.987. The number of carbonyl (C=O) groups excluding carboxylic acids is 1. The number of aromatic nitrogens is 3. The zero-order chi connectivity index (χ0) is 10.3. The van der Waals surface area contributed by atoms with Crippen molar-refractivity contribution in [2.45, 2.75) is 24.9 Å². The lowest BCUT2D eigenvalue weighted by Gasteiger charge is -2.23. The van der Waals surface area contributed by atoms with Gasteiger partial charge in [-0.25, -0.2) is 0 Å². The monoisotopic (exact) mass is 207 g/mol. The molecule has 0 spiro atoms. The van der Waals surface area contributed by atoms with Gasteiger partial charge < -0.3 is 9.88 Å². The van der Waals surface area contributed by atoms with Crippen LogP contribution in [0.4, 0.5) is 0 Å². The molecule has 2 fully saturated rings. The van der Waals surface area contributed by atoms with Crippen molar-refractivity contribution in [3.63, 3.8) is 0 Å². The Hall–Kier alpha value is -1.43. The van der Waals surface area contributed by atoms with Crippen molar-refractivity contribution in [2.75, 3.05) is 13.1 Å². The van der Waals surface area contributed by atoms with E-state index < -0.39 is 0 Å². The number of nitrogens with one attached hydrogen (secondary N) is 2. The first kappa shape index (κ1) is 8.84. The molecule has 1 aromatic heterocycles. The molecule has 1 saturated heterocycles. The van der Waals surface area contributed by atoms with E-state index in [1.807, 2.05) is 0 Å². The van der Waals surface area contributed by atoms with Gasteiger partial charge in [0.2, 0.25) is 5.91 Å². The number of hydrogen-bond donors (Lipinski definition) is 2. The molecule has 6 heteroatoms. The van der Waals surface area contributed by atoms with Gasteiger partial charge >= 0.3 is 0 Å². The van der Waals surface area contributed by atoms with Crippen LogP contribution < -0.4 is 10.6 Å². The second-order valence-electron chi connectivity index (χ2n) is 4.07. The van der Waals surface area contributed by atoms with Crippen LogP contribution in [0.15, 0.2) is 6.33 Å². The van der Waals surface area contributed by atoms with Gasteiger partial charge in [-0.3, -0.25) is 10.1 Å². The average Bonchev–Trinajstić information content (AvgIpc) is 2.98. The second kappa shape index (κ2) is 3.30. The normalized spacial score (nSPS) is 26.4. The van der Waals surface area contributed by atoms with E-state index >= 15 is 0 Å². The standard InChI is InChI=1S/C9H13N5O/c15-8-4-10-7(3-11-8)9-13-12-5-14(9)6-1-2-6/h5-7,10H,1-4H2,(H,11,15). The summed E-state index contributed by atoms with van der Waals surface area (Å²) in [7, 11) is 0. The van der Waals surface area contributed by atoms with Gasteiger partial charge in [0.15, 0.2) is 5.82 Å². The molecule has 2 heterocycles. The number of rotatable bonds is 2. The van der Waals surface area contributed by atoms with E-state index in [4.69, 9.17) is 0 Å². The van der Waals surface area contributed by atoms with Gasteiger partial charge in [-0.05, 0) is 12.8 Å². The highest BCUT2D eigenvalue weighted by atomic mass is 16.2. The number of amides is 1. The van der Waals surface area contributed by atoms with Crippen molar-refractivity contribution >= 4 is 5.91 Å². The zero-order valence-electron chi connectivity index (χ0n) is 8.31. The summed E-state index contributed by atoms with van der Waals surface area (Å²) in [6.45, 7) is 0.965. The summed E-state index contributed by atoms with van der Waals surface area (Å²) >= 11 is 0. The fraction of sp³-hybridized carbons (Fsp3) is 0.667. The van der Waals surface area contributed by atoms with Crippen LogP contribution in [0, 0.1) is 0 Å². The van der Waals surface area contributed by atoms with E-state index in [-0.39, 0.29) is 11.9 Å². The molecular weight excluding hydrogens is 194 g/mol. The maximum absolute atomic E-state index is 11.0. The first-order valence-electron chi connectivity index (χ1n) is 5.24. The molecule has 1 aromatic rings. The summed E-state index contributed by atoms with van der Waals surface area (Å²) in [6, 6.07) is 0.681.